The van der Waals surface area contributed by atoms with Crippen molar-refractivity contribution in [3.63, 3.8) is 0 Å². The number of fused-ring (bicyclic) bond motifs is 1. The molecule has 12 nitrogen and oxygen atoms in total. The second-order valence-electron chi connectivity index (χ2n) is 5.25. The van der Waals surface area contributed by atoms with E-state index in [4.69, 9.17) is 9.84 Å². The van der Waals surface area contributed by atoms with Crippen molar-refractivity contribution in [2.24, 2.45) is 0 Å². The molecule has 0 saturated carbocycles. The number of nitro groups is 1. The summed E-state index contributed by atoms with van der Waals surface area (Å²) in [6.07, 6.45) is -5.61. The first-order chi connectivity index (χ1) is 11.4. The van der Waals surface area contributed by atoms with Gasteiger partial charge in [0.1, 0.15) is 24.4 Å². The Morgan fingerprint density at radius 3 is 2.58 bits per heavy atom. The third-order valence-corrected chi connectivity index (χ3v) is 3.81. The molecule has 0 amide bonds. The minimum Gasteiger partial charge on any atom is -0.394 e. The minimum atomic E-state index is -1.55. The molecule has 2 aromatic rings. The molecule has 3 unspecified atom stereocenters. The van der Waals surface area contributed by atoms with E-state index in [9.17, 15) is 25.4 Å². The van der Waals surface area contributed by atoms with Crippen LogP contribution in [-0.2, 0) is 4.74 Å². The lowest BCUT2D eigenvalue weighted by Gasteiger charge is -2.40. The second kappa shape index (κ2) is 6.26. The van der Waals surface area contributed by atoms with Gasteiger partial charge in [0.2, 0.25) is 5.52 Å². The van der Waals surface area contributed by atoms with Crippen molar-refractivity contribution >= 4 is 22.4 Å². The first kappa shape index (κ1) is 16.5. The first-order valence-corrected chi connectivity index (χ1v) is 6.90. The van der Waals surface area contributed by atoms with Gasteiger partial charge in [-0.3, -0.25) is 10.1 Å². The van der Waals surface area contributed by atoms with E-state index in [-0.39, 0.29) is 22.4 Å². The highest BCUT2D eigenvalue weighted by atomic mass is 16.6. The zero-order valence-electron chi connectivity index (χ0n) is 12.0. The van der Waals surface area contributed by atoms with Crippen molar-refractivity contribution in [3.8, 4) is 0 Å². The number of nitrogens with zero attached hydrogens (tertiary/aromatic N) is 3. The van der Waals surface area contributed by atoms with Crippen molar-refractivity contribution in [2.45, 2.75) is 30.6 Å². The molecular weight excluding hydrogens is 328 g/mol. The van der Waals surface area contributed by atoms with Gasteiger partial charge in [-0.1, -0.05) is 0 Å². The number of anilines is 1. The summed E-state index contributed by atoms with van der Waals surface area (Å²) in [5.74, 6) is 0. The lowest BCUT2D eigenvalue weighted by atomic mass is 9.96. The molecule has 2 heterocycles. The summed E-state index contributed by atoms with van der Waals surface area (Å²) in [6.45, 7) is -0.586. The van der Waals surface area contributed by atoms with Crippen LogP contribution >= 0.6 is 0 Å². The second-order valence-corrected chi connectivity index (χ2v) is 5.25. The van der Waals surface area contributed by atoms with Gasteiger partial charge in [0.15, 0.2) is 11.8 Å². The molecule has 5 N–H and O–H groups in total. The molecule has 1 aliphatic heterocycles. The molecule has 0 bridgehead atoms. The predicted molar refractivity (Wildman–Crippen MR) is 75.8 cm³/mol. The average molecular weight is 342 g/mol. The molecule has 0 aliphatic carbocycles. The van der Waals surface area contributed by atoms with Gasteiger partial charge in [0, 0.05) is 6.07 Å². The van der Waals surface area contributed by atoms with Gasteiger partial charge >= 0.3 is 5.69 Å². The number of aliphatic hydroxyl groups excluding tert-OH is 4. The zero-order chi connectivity index (χ0) is 17.4. The summed E-state index contributed by atoms with van der Waals surface area (Å²) in [5.41, 5.74) is -0.238. The summed E-state index contributed by atoms with van der Waals surface area (Å²) in [6, 6.07) is 1.28. The number of aromatic nitrogens is 2. The number of non-ortho nitro benzene ring substituents is 1. The molecule has 1 aromatic heterocycles. The van der Waals surface area contributed by atoms with Gasteiger partial charge in [-0.05, 0) is 16.4 Å². The first-order valence-electron chi connectivity index (χ1n) is 6.90. The van der Waals surface area contributed by atoms with E-state index in [1.165, 1.54) is 6.07 Å². The van der Waals surface area contributed by atoms with Crippen LogP contribution in [0.2, 0.25) is 0 Å². The Balaban J connectivity index is 1.91. The van der Waals surface area contributed by atoms with Crippen LogP contribution < -0.4 is 5.32 Å². The third kappa shape index (κ3) is 2.65. The minimum absolute atomic E-state index is 0.0161. The fourth-order valence-corrected chi connectivity index (χ4v) is 2.55. The highest BCUT2D eigenvalue weighted by molar-refractivity contribution is 5.93. The number of hydrogen-bond acceptors (Lipinski definition) is 11. The molecule has 1 aliphatic rings. The summed E-state index contributed by atoms with van der Waals surface area (Å²) in [7, 11) is 0. The van der Waals surface area contributed by atoms with Crippen molar-refractivity contribution in [1.29, 1.82) is 0 Å². The maximum atomic E-state index is 10.9. The Kier molecular flexibility index (Phi) is 4.29. The number of ether oxygens (including phenoxy) is 1. The topological polar surface area (TPSA) is 184 Å². The van der Waals surface area contributed by atoms with Gasteiger partial charge in [-0.2, -0.15) is 0 Å². The zero-order valence-corrected chi connectivity index (χ0v) is 12.0. The van der Waals surface area contributed by atoms with E-state index in [2.05, 4.69) is 20.3 Å². The standard InChI is InChI=1S/C12H14N4O8/c17-3-6-10(18)11(19)9(12(20)23-6)13-4-1-2-5(16(21)22)8-7(4)14-24-15-8/h1-2,6,9-13,17-20H,3H2/t6?,9?,10-,11?,12-/m1/s1. The molecule has 130 valence electrons. The van der Waals surface area contributed by atoms with Crippen molar-refractivity contribution in [3.05, 3.63) is 22.2 Å². The van der Waals surface area contributed by atoms with E-state index in [0.717, 1.165) is 6.07 Å². The molecule has 24 heavy (non-hydrogen) atoms. The fourth-order valence-electron chi connectivity index (χ4n) is 2.55. The Bertz CT molecular complexity index is 752. The maximum Gasteiger partial charge on any atom is 0.300 e. The normalized spacial score (nSPS) is 30.4. The molecule has 5 atom stereocenters. The summed E-state index contributed by atoms with van der Waals surface area (Å²) in [5, 5.41) is 59.7. The van der Waals surface area contributed by atoms with Gasteiger partial charge in [-0.15, -0.1) is 0 Å². The SMILES string of the molecule is O=[N+]([O-])c1ccc(NC2C(O)[C@H](O)C(CO)O[C@H]2O)c2nonc12. The van der Waals surface area contributed by atoms with Crippen LogP contribution in [0.25, 0.3) is 11.0 Å². The van der Waals surface area contributed by atoms with Crippen LogP contribution in [0.5, 0.6) is 0 Å². The van der Waals surface area contributed by atoms with Crippen LogP contribution in [0.3, 0.4) is 0 Å². The summed E-state index contributed by atoms with van der Waals surface area (Å²) in [4.78, 5) is 10.3. The van der Waals surface area contributed by atoms with Crippen LogP contribution in [0.4, 0.5) is 11.4 Å². The fraction of sp³-hybridized carbons (Fsp3) is 0.500. The number of rotatable bonds is 4. The molecule has 1 saturated heterocycles. The Morgan fingerprint density at radius 1 is 1.21 bits per heavy atom. The molecule has 0 spiro atoms. The number of nitro benzene ring substituents is 1. The highest BCUT2D eigenvalue weighted by Gasteiger charge is 2.44. The number of aliphatic hydroxyl groups is 4. The van der Waals surface area contributed by atoms with Gasteiger partial charge in [0.05, 0.1) is 17.2 Å². The van der Waals surface area contributed by atoms with Crippen molar-refractivity contribution < 1.29 is 34.7 Å². The molecule has 0 radical (unpaired) electrons. The molecular formula is C12H14N4O8. The van der Waals surface area contributed by atoms with Crippen LogP contribution in [0.15, 0.2) is 16.8 Å². The van der Waals surface area contributed by atoms with Crippen LogP contribution in [0, 0.1) is 10.1 Å². The summed E-state index contributed by atoms with van der Waals surface area (Å²) < 4.78 is 9.54. The Hall–Kier alpha value is -2.38. The average Bonchev–Trinajstić information content (AvgIpc) is 3.04. The smallest absolute Gasteiger partial charge is 0.300 e. The number of nitrogens with one attached hydrogen (secondary N) is 1. The summed E-state index contributed by atoms with van der Waals surface area (Å²) >= 11 is 0. The molecule has 1 fully saturated rings. The van der Waals surface area contributed by atoms with E-state index in [1.54, 1.807) is 0 Å². The highest BCUT2D eigenvalue weighted by Crippen LogP contribution is 2.31. The lowest BCUT2D eigenvalue weighted by molar-refractivity contribution is -0.383. The van der Waals surface area contributed by atoms with E-state index in [0.29, 0.717) is 0 Å². The van der Waals surface area contributed by atoms with Gasteiger partial charge in [0.25, 0.3) is 0 Å². The molecule has 3 rings (SSSR count). The van der Waals surface area contributed by atoms with Gasteiger partial charge < -0.3 is 30.5 Å². The van der Waals surface area contributed by atoms with Crippen molar-refractivity contribution in [1.82, 2.24) is 10.3 Å². The monoisotopic (exact) mass is 342 g/mol. The maximum absolute atomic E-state index is 10.9. The largest absolute Gasteiger partial charge is 0.394 e. The quantitative estimate of drug-likeness (QED) is 0.316. The van der Waals surface area contributed by atoms with Crippen LogP contribution in [0.1, 0.15) is 0 Å². The van der Waals surface area contributed by atoms with E-state index < -0.39 is 42.2 Å². The number of hydrogen-bond donors (Lipinski definition) is 5. The molecule has 1 aromatic carbocycles. The number of benzene rings is 1. The third-order valence-electron chi connectivity index (χ3n) is 3.81. The Labute approximate surface area is 133 Å². The van der Waals surface area contributed by atoms with Gasteiger partial charge in [-0.25, -0.2) is 4.63 Å². The lowest BCUT2D eigenvalue weighted by Crippen LogP contribution is -2.61. The molecule has 12 heteroatoms. The predicted octanol–water partition coefficient (Wildman–Crippen LogP) is -1.66. The van der Waals surface area contributed by atoms with E-state index in [1.807, 2.05) is 0 Å². The van der Waals surface area contributed by atoms with Crippen LogP contribution in [-0.4, -0.2) is 72.9 Å². The van der Waals surface area contributed by atoms with E-state index >= 15 is 0 Å². The Morgan fingerprint density at radius 2 is 1.92 bits per heavy atom. The van der Waals surface area contributed by atoms with Crippen molar-refractivity contribution in [2.75, 3.05) is 11.9 Å².